The molecule has 1 aliphatic heterocycles. The zero-order valence-corrected chi connectivity index (χ0v) is 19.5. The Bertz CT molecular complexity index is 1500. The van der Waals surface area contributed by atoms with Gasteiger partial charge in [-0.1, -0.05) is 24.3 Å². The van der Waals surface area contributed by atoms with Gasteiger partial charge in [0, 0.05) is 11.3 Å². The zero-order valence-electron chi connectivity index (χ0n) is 19.5. The van der Waals surface area contributed by atoms with Gasteiger partial charge in [-0.05, 0) is 55.0 Å². The molecule has 0 aliphatic carbocycles. The Hall–Kier alpha value is -4.73. The summed E-state index contributed by atoms with van der Waals surface area (Å²) in [6, 6.07) is 17.2. The molecule has 3 aromatic carbocycles. The average molecular weight is 487 g/mol. The van der Waals surface area contributed by atoms with Gasteiger partial charge in [0.15, 0.2) is 0 Å². The Morgan fingerprint density at radius 1 is 1.11 bits per heavy atom. The number of aromatic amines is 1. The van der Waals surface area contributed by atoms with Crippen LogP contribution in [0.25, 0.3) is 22.4 Å². The van der Waals surface area contributed by atoms with Crippen LogP contribution in [0.4, 0.5) is 14.9 Å². The van der Waals surface area contributed by atoms with Crippen molar-refractivity contribution in [3.05, 3.63) is 78.1 Å². The van der Waals surface area contributed by atoms with Gasteiger partial charge in [0.1, 0.15) is 29.5 Å². The van der Waals surface area contributed by atoms with E-state index in [9.17, 15) is 18.8 Å². The highest BCUT2D eigenvalue weighted by Gasteiger charge is 2.49. The number of nitrogens with zero attached hydrogens (tertiary/aromatic N) is 2. The number of methoxy groups -OCH3 is 1. The second kappa shape index (κ2) is 8.81. The van der Waals surface area contributed by atoms with E-state index in [1.165, 1.54) is 19.2 Å². The number of imidazole rings is 1. The average Bonchev–Trinajstić information content (AvgIpc) is 3.38. The van der Waals surface area contributed by atoms with E-state index in [1.807, 2.05) is 0 Å². The second-order valence-corrected chi connectivity index (χ2v) is 8.55. The van der Waals surface area contributed by atoms with Gasteiger partial charge in [-0.2, -0.15) is 0 Å². The Labute approximate surface area is 205 Å². The van der Waals surface area contributed by atoms with Crippen molar-refractivity contribution in [2.45, 2.75) is 12.5 Å². The normalized spacial score (nSPS) is 17.4. The largest absolute Gasteiger partial charge is 0.497 e. The van der Waals surface area contributed by atoms with Crippen molar-refractivity contribution in [1.82, 2.24) is 20.2 Å². The number of hydrogen-bond donors (Lipinski definition) is 3. The molecule has 36 heavy (non-hydrogen) atoms. The van der Waals surface area contributed by atoms with Gasteiger partial charge < -0.3 is 20.4 Å². The Morgan fingerprint density at radius 3 is 2.61 bits per heavy atom. The van der Waals surface area contributed by atoms with Gasteiger partial charge in [0.25, 0.3) is 5.91 Å². The highest BCUT2D eigenvalue weighted by atomic mass is 19.1. The molecule has 2 heterocycles. The molecule has 1 aliphatic rings. The molecule has 10 heteroatoms. The minimum absolute atomic E-state index is 0.371. The molecular formula is C26H22FN5O4. The summed E-state index contributed by atoms with van der Waals surface area (Å²) >= 11 is 0. The van der Waals surface area contributed by atoms with Crippen molar-refractivity contribution >= 4 is 34.6 Å². The minimum Gasteiger partial charge on any atom is -0.497 e. The van der Waals surface area contributed by atoms with Crippen molar-refractivity contribution in [2.24, 2.45) is 0 Å². The summed E-state index contributed by atoms with van der Waals surface area (Å²) in [6.07, 6.45) is 0. The fourth-order valence-corrected chi connectivity index (χ4v) is 4.16. The SMILES string of the molecule is COc1ccc(C2(C)NC(=O)N(CC(=O)Nc3ccc4nc(-c5cccc(F)c5)[nH]c4c3)C2=O)cc1. The number of aromatic nitrogens is 2. The van der Waals surface area contributed by atoms with E-state index >= 15 is 0 Å². The molecule has 0 radical (unpaired) electrons. The van der Waals surface area contributed by atoms with Crippen molar-refractivity contribution in [3.8, 4) is 17.1 Å². The van der Waals surface area contributed by atoms with E-state index in [2.05, 4.69) is 20.6 Å². The van der Waals surface area contributed by atoms with Gasteiger partial charge >= 0.3 is 6.03 Å². The number of carbonyl (C=O) groups is 3. The number of carbonyl (C=O) groups excluding carboxylic acids is 3. The first-order valence-electron chi connectivity index (χ1n) is 11.1. The summed E-state index contributed by atoms with van der Waals surface area (Å²) in [7, 11) is 1.53. The summed E-state index contributed by atoms with van der Waals surface area (Å²) in [4.78, 5) is 46.9. The van der Waals surface area contributed by atoms with Crippen LogP contribution in [0.15, 0.2) is 66.7 Å². The molecule has 1 aromatic heterocycles. The number of ether oxygens (including phenoxy) is 1. The fourth-order valence-electron chi connectivity index (χ4n) is 4.16. The van der Waals surface area contributed by atoms with E-state index in [1.54, 1.807) is 61.5 Å². The Morgan fingerprint density at radius 2 is 1.89 bits per heavy atom. The van der Waals surface area contributed by atoms with E-state index in [0.29, 0.717) is 39.4 Å². The van der Waals surface area contributed by atoms with E-state index in [4.69, 9.17) is 4.74 Å². The lowest BCUT2D eigenvalue weighted by molar-refractivity contribution is -0.133. The first-order valence-corrected chi connectivity index (χ1v) is 11.1. The molecule has 0 bridgehead atoms. The maximum atomic E-state index is 13.6. The summed E-state index contributed by atoms with van der Waals surface area (Å²) < 4.78 is 18.7. The van der Waals surface area contributed by atoms with E-state index < -0.39 is 29.9 Å². The van der Waals surface area contributed by atoms with Crippen molar-refractivity contribution in [1.29, 1.82) is 0 Å². The molecule has 4 aromatic rings. The standard InChI is InChI=1S/C26H22FN5O4/c1-26(16-6-9-19(36-2)10-7-16)24(34)32(25(35)31-26)14-22(33)28-18-8-11-20-21(13-18)30-23(29-20)15-4-3-5-17(27)12-15/h3-13H,14H2,1-2H3,(H,28,33)(H,29,30)(H,31,35). The maximum Gasteiger partial charge on any atom is 0.325 e. The lowest BCUT2D eigenvalue weighted by Gasteiger charge is -2.22. The van der Waals surface area contributed by atoms with Crippen LogP contribution in [0.1, 0.15) is 12.5 Å². The van der Waals surface area contributed by atoms with Gasteiger partial charge in [-0.25, -0.2) is 14.2 Å². The highest BCUT2D eigenvalue weighted by Crippen LogP contribution is 2.30. The number of fused-ring (bicyclic) bond motifs is 1. The summed E-state index contributed by atoms with van der Waals surface area (Å²) in [5.41, 5.74) is 1.59. The number of hydrogen-bond acceptors (Lipinski definition) is 5. The number of H-pyrrole nitrogens is 1. The monoisotopic (exact) mass is 487 g/mol. The fraction of sp³-hybridized carbons (Fsp3) is 0.154. The van der Waals surface area contributed by atoms with Crippen LogP contribution in [0, 0.1) is 5.82 Å². The third kappa shape index (κ3) is 4.13. The number of halogens is 1. The molecule has 0 spiro atoms. The second-order valence-electron chi connectivity index (χ2n) is 8.55. The predicted octanol–water partition coefficient (Wildman–Crippen LogP) is 3.78. The van der Waals surface area contributed by atoms with Crippen LogP contribution < -0.4 is 15.4 Å². The molecular weight excluding hydrogens is 465 g/mol. The van der Waals surface area contributed by atoms with Crippen LogP contribution in [0.3, 0.4) is 0 Å². The van der Waals surface area contributed by atoms with E-state index in [-0.39, 0.29) is 5.82 Å². The van der Waals surface area contributed by atoms with Gasteiger partial charge in [-0.15, -0.1) is 0 Å². The molecule has 5 rings (SSSR count). The first kappa shape index (κ1) is 23.0. The van der Waals surface area contributed by atoms with Crippen molar-refractivity contribution in [3.63, 3.8) is 0 Å². The molecule has 1 atom stereocenters. The summed E-state index contributed by atoms with van der Waals surface area (Å²) in [6.45, 7) is 1.14. The smallest absolute Gasteiger partial charge is 0.325 e. The molecule has 1 saturated heterocycles. The number of amides is 4. The molecule has 1 fully saturated rings. The van der Waals surface area contributed by atoms with Crippen molar-refractivity contribution in [2.75, 3.05) is 19.0 Å². The highest BCUT2D eigenvalue weighted by molar-refractivity contribution is 6.10. The minimum atomic E-state index is -1.30. The maximum absolute atomic E-state index is 13.6. The topological polar surface area (TPSA) is 116 Å². The number of nitrogens with one attached hydrogen (secondary N) is 3. The molecule has 1 unspecified atom stereocenters. The van der Waals surface area contributed by atoms with Gasteiger partial charge in [0.05, 0.1) is 18.1 Å². The Kier molecular flexibility index (Phi) is 5.63. The van der Waals surface area contributed by atoms with E-state index in [0.717, 1.165) is 4.90 Å². The lowest BCUT2D eigenvalue weighted by atomic mass is 9.92. The third-order valence-corrected chi connectivity index (χ3v) is 6.11. The van der Waals surface area contributed by atoms with Crippen LogP contribution in [0.2, 0.25) is 0 Å². The third-order valence-electron chi connectivity index (χ3n) is 6.11. The number of benzene rings is 3. The molecule has 3 N–H and O–H groups in total. The number of imide groups is 1. The lowest BCUT2D eigenvalue weighted by Crippen LogP contribution is -2.42. The number of urea groups is 1. The first-order chi connectivity index (χ1) is 17.3. The zero-order chi connectivity index (χ0) is 25.4. The molecule has 182 valence electrons. The molecule has 4 amide bonds. The van der Waals surface area contributed by atoms with Crippen LogP contribution in [0.5, 0.6) is 5.75 Å². The number of rotatable bonds is 6. The van der Waals surface area contributed by atoms with Crippen LogP contribution >= 0.6 is 0 Å². The predicted molar refractivity (Wildman–Crippen MR) is 131 cm³/mol. The summed E-state index contributed by atoms with van der Waals surface area (Å²) in [5.74, 6) is -0.333. The van der Waals surface area contributed by atoms with Gasteiger partial charge in [-0.3, -0.25) is 14.5 Å². The van der Waals surface area contributed by atoms with Crippen LogP contribution in [-0.2, 0) is 15.1 Å². The Balaban J connectivity index is 1.30. The van der Waals surface area contributed by atoms with Crippen LogP contribution in [-0.4, -0.2) is 46.4 Å². The van der Waals surface area contributed by atoms with Gasteiger partial charge in [0.2, 0.25) is 5.91 Å². The number of anilines is 1. The van der Waals surface area contributed by atoms with Crippen molar-refractivity contribution < 1.29 is 23.5 Å². The summed E-state index contributed by atoms with van der Waals surface area (Å²) in [5, 5.41) is 5.38. The molecule has 0 saturated carbocycles. The molecule has 9 nitrogen and oxygen atoms in total. The quantitative estimate of drug-likeness (QED) is 0.358.